The Morgan fingerprint density at radius 3 is 2.85 bits per heavy atom. The third kappa shape index (κ3) is 2.92. The maximum absolute atomic E-state index is 12.2. The summed E-state index contributed by atoms with van der Waals surface area (Å²) in [6.45, 7) is 3.60. The molecule has 108 valence electrons. The van der Waals surface area contributed by atoms with Crippen LogP contribution in [0.3, 0.4) is 0 Å². The maximum Gasteiger partial charge on any atom is 0.323 e. The largest absolute Gasteiger partial charge is 0.324 e. The first-order valence-corrected chi connectivity index (χ1v) is 7.58. The summed E-state index contributed by atoms with van der Waals surface area (Å²) in [5, 5.41) is 2.87. The zero-order chi connectivity index (χ0) is 13.9. The lowest BCUT2D eigenvalue weighted by Gasteiger charge is -2.20. The molecule has 0 spiro atoms. The fraction of sp³-hybridized carbons (Fsp3) is 0.667. The van der Waals surface area contributed by atoms with Gasteiger partial charge >= 0.3 is 6.03 Å². The number of nitrogens with zero attached hydrogens (tertiary/aromatic N) is 3. The minimum absolute atomic E-state index is 0.0244. The van der Waals surface area contributed by atoms with Crippen LogP contribution in [0.4, 0.5) is 10.6 Å². The summed E-state index contributed by atoms with van der Waals surface area (Å²) >= 11 is 0. The van der Waals surface area contributed by atoms with Crippen LogP contribution in [0, 0.1) is 18.8 Å². The van der Waals surface area contributed by atoms with E-state index in [1.807, 2.05) is 11.8 Å². The quantitative estimate of drug-likeness (QED) is 0.902. The first-order valence-electron chi connectivity index (χ1n) is 7.58. The highest BCUT2D eigenvalue weighted by atomic mass is 16.2. The minimum Gasteiger partial charge on any atom is -0.324 e. The van der Waals surface area contributed by atoms with E-state index in [1.54, 1.807) is 12.3 Å². The fourth-order valence-corrected chi connectivity index (χ4v) is 3.50. The Kier molecular flexibility index (Phi) is 3.85. The highest BCUT2D eigenvalue weighted by Crippen LogP contribution is 2.36. The van der Waals surface area contributed by atoms with Crippen molar-refractivity contribution >= 4 is 11.8 Å². The molecule has 3 rings (SSSR count). The monoisotopic (exact) mass is 274 g/mol. The summed E-state index contributed by atoms with van der Waals surface area (Å²) in [5.41, 5.74) is 0. The van der Waals surface area contributed by atoms with Crippen LogP contribution in [0.2, 0.25) is 0 Å². The lowest BCUT2D eigenvalue weighted by Crippen LogP contribution is -2.33. The van der Waals surface area contributed by atoms with Crippen molar-refractivity contribution in [2.24, 2.45) is 11.8 Å². The van der Waals surface area contributed by atoms with Crippen LogP contribution in [0.15, 0.2) is 12.3 Å². The molecule has 0 aromatic carbocycles. The number of carbonyl (C=O) groups is 1. The third-order valence-electron chi connectivity index (χ3n) is 4.59. The molecule has 2 heterocycles. The second-order valence-electron chi connectivity index (χ2n) is 5.96. The molecule has 5 nitrogen and oxygen atoms in total. The third-order valence-corrected chi connectivity index (χ3v) is 4.59. The first-order chi connectivity index (χ1) is 9.72. The topological polar surface area (TPSA) is 58.1 Å². The number of aryl methyl sites for hydroxylation is 1. The van der Waals surface area contributed by atoms with Crippen molar-refractivity contribution in [2.45, 2.75) is 39.0 Å². The Morgan fingerprint density at radius 2 is 2.10 bits per heavy atom. The second kappa shape index (κ2) is 5.77. The summed E-state index contributed by atoms with van der Waals surface area (Å²) < 4.78 is 0. The average Bonchev–Trinajstić information content (AvgIpc) is 3.10. The molecule has 2 aliphatic rings. The molecule has 1 aromatic heterocycles. The molecule has 0 bridgehead atoms. The van der Waals surface area contributed by atoms with Gasteiger partial charge in [0.2, 0.25) is 0 Å². The van der Waals surface area contributed by atoms with Crippen LogP contribution >= 0.6 is 0 Å². The van der Waals surface area contributed by atoms with Gasteiger partial charge in [0, 0.05) is 19.3 Å². The van der Waals surface area contributed by atoms with Gasteiger partial charge in [-0.25, -0.2) is 14.8 Å². The lowest BCUT2D eigenvalue weighted by atomic mass is 9.90. The molecule has 2 amide bonds. The van der Waals surface area contributed by atoms with Gasteiger partial charge in [0.1, 0.15) is 11.6 Å². The van der Waals surface area contributed by atoms with E-state index in [1.165, 1.54) is 25.7 Å². The highest BCUT2D eigenvalue weighted by Gasteiger charge is 2.33. The number of amides is 2. The molecular weight excluding hydrogens is 252 g/mol. The summed E-state index contributed by atoms with van der Waals surface area (Å²) in [7, 11) is 0. The number of hydrogen-bond donors (Lipinski definition) is 1. The number of carbonyl (C=O) groups excluding carboxylic acids is 1. The van der Waals surface area contributed by atoms with E-state index in [0.29, 0.717) is 17.6 Å². The van der Waals surface area contributed by atoms with Crippen molar-refractivity contribution in [1.82, 2.24) is 14.9 Å². The Labute approximate surface area is 119 Å². The zero-order valence-electron chi connectivity index (χ0n) is 12.0. The SMILES string of the molecule is Cc1nccc(NC(=O)N2CC[C@H](C3CCCC3)C2)n1. The summed E-state index contributed by atoms with van der Waals surface area (Å²) in [6.07, 6.45) is 8.27. The molecule has 1 saturated heterocycles. The van der Waals surface area contributed by atoms with Crippen LogP contribution in [0.25, 0.3) is 0 Å². The van der Waals surface area contributed by atoms with E-state index in [-0.39, 0.29) is 6.03 Å². The average molecular weight is 274 g/mol. The molecule has 0 radical (unpaired) electrons. The van der Waals surface area contributed by atoms with Gasteiger partial charge in [-0.2, -0.15) is 0 Å². The Morgan fingerprint density at radius 1 is 1.30 bits per heavy atom. The summed E-state index contributed by atoms with van der Waals surface area (Å²) in [5.74, 6) is 2.81. The molecule has 2 fully saturated rings. The van der Waals surface area contributed by atoms with Gasteiger partial charge in [-0.3, -0.25) is 5.32 Å². The number of nitrogens with one attached hydrogen (secondary N) is 1. The van der Waals surface area contributed by atoms with Crippen molar-refractivity contribution < 1.29 is 4.79 Å². The number of likely N-dealkylation sites (tertiary alicyclic amines) is 1. The molecule has 1 aliphatic carbocycles. The maximum atomic E-state index is 12.2. The molecule has 1 atom stereocenters. The first kappa shape index (κ1) is 13.3. The van der Waals surface area contributed by atoms with Crippen LogP contribution in [-0.4, -0.2) is 34.0 Å². The smallest absolute Gasteiger partial charge is 0.323 e. The van der Waals surface area contributed by atoms with Gasteiger partial charge in [0.15, 0.2) is 0 Å². The number of rotatable bonds is 2. The van der Waals surface area contributed by atoms with Crippen molar-refractivity contribution in [1.29, 1.82) is 0 Å². The van der Waals surface area contributed by atoms with Crippen LogP contribution in [-0.2, 0) is 0 Å². The predicted octanol–water partition coefficient (Wildman–Crippen LogP) is 2.83. The number of hydrogen-bond acceptors (Lipinski definition) is 3. The number of aromatic nitrogens is 2. The Bertz CT molecular complexity index is 485. The van der Waals surface area contributed by atoms with E-state index < -0.39 is 0 Å². The van der Waals surface area contributed by atoms with E-state index in [9.17, 15) is 4.79 Å². The van der Waals surface area contributed by atoms with E-state index in [2.05, 4.69) is 15.3 Å². The van der Waals surface area contributed by atoms with Crippen LogP contribution < -0.4 is 5.32 Å². The zero-order valence-corrected chi connectivity index (χ0v) is 12.0. The number of anilines is 1. The Hall–Kier alpha value is -1.65. The van der Waals surface area contributed by atoms with Crippen molar-refractivity contribution in [2.75, 3.05) is 18.4 Å². The molecule has 1 aliphatic heterocycles. The second-order valence-corrected chi connectivity index (χ2v) is 5.96. The molecule has 1 aromatic rings. The van der Waals surface area contributed by atoms with Crippen molar-refractivity contribution in [3.8, 4) is 0 Å². The minimum atomic E-state index is -0.0244. The predicted molar refractivity (Wildman–Crippen MR) is 77.4 cm³/mol. The molecule has 5 heteroatoms. The summed E-state index contributed by atoms with van der Waals surface area (Å²) in [6, 6.07) is 1.71. The van der Waals surface area contributed by atoms with Crippen molar-refractivity contribution in [3.63, 3.8) is 0 Å². The summed E-state index contributed by atoms with van der Waals surface area (Å²) in [4.78, 5) is 22.4. The Balaban J connectivity index is 1.55. The molecule has 1 N–H and O–H groups in total. The van der Waals surface area contributed by atoms with Crippen LogP contribution in [0.5, 0.6) is 0 Å². The highest BCUT2D eigenvalue weighted by molar-refractivity contribution is 5.88. The van der Waals surface area contributed by atoms with Gasteiger partial charge in [0.05, 0.1) is 0 Å². The molecule has 1 saturated carbocycles. The number of urea groups is 1. The van der Waals surface area contributed by atoms with Crippen molar-refractivity contribution in [3.05, 3.63) is 18.1 Å². The van der Waals surface area contributed by atoms with E-state index >= 15 is 0 Å². The van der Waals surface area contributed by atoms with Gasteiger partial charge in [-0.15, -0.1) is 0 Å². The van der Waals surface area contributed by atoms with Crippen LogP contribution in [0.1, 0.15) is 37.9 Å². The normalized spacial score (nSPS) is 23.2. The molecule has 0 unspecified atom stereocenters. The fourth-order valence-electron chi connectivity index (χ4n) is 3.50. The molecule has 20 heavy (non-hydrogen) atoms. The van der Waals surface area contributed by atoms with Gasteiger partial charge in [-0.1, -0.05) is 25.7 Å². The lowest BCUT2D eigenvalue weighted by molar-refractivity contribution is 0.218. The van der Waals surface area contributed by atoms with E-state index in [4.69, 9.17) is 0 Å². The van der Waals surface area contributed by atoms with E-state index in [0.717, 1.165) is 25.4 Å². The molecular formula is C15H22N4O. The van der Waals surface area contributed by atoms with Gasteiger partial charge in [0.25, 0.3) is 0 Å². The van der Waals surface area contributed by atoms with Gasteiger partial charge in [-0.05, 0) is 31.2 Å². The standard InChI is InChI=1S/C15H22N4O/c1-11-16-8-6-14(17-11)18-15(20)19-9-7-13(10-19)12-4-2-3-5-12/h6,8,12-13H,2-5,7,9-10H2,1H3,(H,16,17,18,20)/t13-/m0/s1. The van der Waals surface area contributed by atoms with Gasteiger partial charge < -0.3 is 4.90 Å².